The van der Waals surface area contributed by atoms with Crippen LogP contribution in [0.4, 0.5) is 0 Å². The minimum Gasteiger partial charge on any atom is -0.437 e. The highest BCUT2D eigenvalue weighted by molar-refractivity contribution is 7.18. The number of halogens is 1. The van der Waals surface area contributed by atoms with Gasteiger partial charge in [-0.2, -0.15) is 4.98 Å². The predicted octanol–water partition coefficient (Wildman–Crippen LogP) is 4.09. The summed E-state index contributed by atoms with van der Waals surface area (Å²) in [6.45, 7) is 2.10. The number of rotatable bonds is 3. The molecule has 0 amide bonds. The summed E-state index contributed by atoms with van der Waals surface area (Å²) in [5.41, 5.74) is 0. The molecule has 0 radical (unpaired) electrons. The van der Waals surface area contributed by atoms with Crippen molar-refractivity contribution in [2.75, 3.05) is 0 Å². The smallest absolute Gasteiger partial charge is 0.232 e. The summed E-state index contributed by atoms with van der Waals surface area (Å²) in [6.07, 6.45) is 4.27. The van der Waals surface area contributed by atoms with E-state index < -0.39 is 0 Å². The van der Waals surface area contributed by atoms with E-state index in [0.717, 1.165) is 16.6 Å². The lowest BCUT2D eigenvalue weighted by Gasteiger charge is -2.04. The van der Waals surface area contributed by atoms with Crippen molar-refractivity contribution in [3.8, 4) is 11.6 Å². The Balaban J connectivity index is 2.09. The van der Waals surface area contributed by atoms with Crippen LogP contribution in [-0.2, 0) is 6.42 Å². The van der Waals surface area contributed by atoms with Gasteiger partial charge in [0.05, 0.1) is 11.6 Å². The Bertz CT molecular complexity index is 714. The summed E-state index contributed by atoms with van der Waals surface area (Å²) in [4.78, 5) is 14.5. The molecule has 0 aliphatic rings. The molecule has 3 heterocycles. The van der Waals surface area contributed by atoms with Crippen LogP contribution in [0.5, 0.6) is 11.6 Å². The molecular formula is C13H10ClN3OS. The fourth-order valence-electron chi connectivity index (χ4n) is 1.69. The topological polar surface area (TPSA) is 47.9 Å². The van der Waals surface area contributed by atoms with E-state index in [4.69, 9.17) is 16.3 Å². The Morgan fingerprint density at radius 2 is 2.26 bits per heavy atom. The largest absolute Gasteiger partial charge is 0.437 e. The van der Waals surface area contributed by atoms with Gasteiger partial charge in [-0.15, -0.1) is 11.3 Å². The Kier molecular flexibility index (Phi) is 3.31. The molecule has 0 aliphatic carbocycles. The number of hydrogen-bond donors (Lipinski definition) is 0. The third-order valence-corrected chi connectivity index (χ3v) is 3.92. The van der Waals surface area contributed by atoms with Crippen molar-refractivity contribution in [1.82, 2.24) is 15.0 Å². The maximum atomic E-state index is 5.93. The zero-order valence-electron chi connectivity index (χ0n) is 10.1. The maximum absolute atomic E-state index is 5.93. The Labute approximate surface area is 119 Å². The number of nitrogens with zero attached hydrogens (tertiary/aromatic N) is 3. The fourth-order valence-corrected chi connectivity index (χ4v) is 2.86. The van der Waals surface area contributed by atoms with Crippen LogP contribution in [0.1, 0.15) is 11.8 Å². The Morgan fingerprint density at radius 1 is 1.37 bits per heavy atom. The standard InChI is InChI=1S/C13H10ClN3OS/c1-2-9-6-10-11(16-13(14)17-12(10)19-9)18-8-4-3-5-15-7-8/h3-7H,2H2,1H3. The lowest BCUT2D eigenvalue weighted by Crippen LogP contribution is -1.91. The van der Waals surface area contributed by atoms with Gasteiger partial charge in [0.25, 0.3) is 0 Å². The van der Waals surface area contributed by atoms with Gasteiger partial charge in [-0.1, -0.05) is 6.92 Å². The fraction of sp³-hybridized carbons (Fsp3) is 0.154. The number of aromatic nitrogens is 3. The van der Waals surface area contributed by atoms with Crippen LogP contribution in [0.3, 0.4) is 0 Å². The van der Waals surface area contributed by atoms with Crippen LogP contribution in [0.2, 0.25) is 5.28 Å². The highest BCUT2D eigenvalue weighted by Crippen LogP contribution is 2.33. The van der Waals surface area contributed by atoms with Crippen LogP contribution < -0.4 is 4.74 Å². The van der Waals surface area contributed by atoms with Crippen molar-refractivity contribution in [3.05, 3.63) is 40.8 Å². The lowest BCUT2D eigenvalue weighted by molar-refractivity contribution is 0.466. The van der Waals surface area contributed by atoms with E-state index in [0.29, 0.717) is 11.6 Å². The number of fused-ring (bicyclic) bond motifs is 1. The molecule has 0 fully saturated rings. The molecule has 4 nitrogen and oxygen atoms in total. The van der Waals surface area contributed by atoms with E-state index >= 15 is 0 Å². The summed E-state index contributed by atoms with van der Waals surface area (Å²) in [5, 5.41) is 1.07. The van der Waals surface area contributed by atoms with E-state index in [9.17, 15) is 0 Å². The average molecular weight is 292 g/mol. The molecule has 19 heavy (non-hydrogen) atoms. The summed E-state index contributed by atoms with van der Waals surface area (Å²) in [5.74, 6) is 1.10. The first-order valence-corrected chi connectivity index (χ1v) is 6.99. The molecule has 0 aromatic carbocycles. The summed E-state index contributed by atoms with van der Waals surface area (Å²) in [7, 11) is 0. The number of thiophene rings is 1. The second-order valence-electron chi connectivity index (χ2n) is 3.87. The van der Waals surface area contributed by atoms with Gasteiger partial charge in [0.15, 0.2) is 0 Å². The first kappa shape index (κ1) is 12.3. The van der Waals surface area contributed by atoms with Crippen molar-refractivity contribution in [2.24, 2.45) is 0 Å². The van der Waals surface area contributed by atoms with Gasteiger partial charge in [0, 0.05) is 11.1 Å². The van der Waals surface area contributed by atoms with Crippen LogP contribution in [-0.4, -0.2) is 15.0 Å². The summed E-state index contributed by atoms with van der Waals surface area (Å²) >= 11 is 7.54. The van der Waals surface area contributed by atoms with Crippen molar-refractivity contribution < 1.29 is 4.74 Å². The molecule has 3 aromatic heterocycles. The molecule has 3 rings (SSSR count). The molecule has 6 heteroatoms. The number of aryl methyl sites for hydroxylation is 1. The highest BCUT2D eigenvalue weighted by atomic mass is 35.5. The summed E-state index contributed by atoms with van der Waals surface area (Å²) in [6, 6.07) is 5.67. The quantitative estimate of drug-likeness (QED) is 0.682. The number of pyridine rings is 1. The Hall–Kier alpha value is -1.72. The second kappa shape index (κ2) is 5.11. The van der Waals surface area contributed by atoms with Crippen molar-refractivity contribution in [1.29, 1.82) is 0 Å². The zero-order chi connectivity index (χ0) is 13.2. The normalized spacial score (nSPS) is 10.8. The lowest BCUT2D eigenvalue weighted by atomic mass is 10.3. The number of ether oxygens (including phenoxy) is 1. The monoisotopic (exact) mass is 291 g/mol. The molecule has 0 spiro atoms. The van der Waals surface area contributed by atoms with E-state index in [1.54, 1.807) is 29.8 Å². The molecule has 0 unspecified atom stereocenters. The van der Waals surface area contributed by atoms with E-state index in [1.807, 2.05) is 12.1 Å². The molecule has 3 aromatic rings. The van der Waals surface area contributed by atoms with E-state index in [-0.39, 0.29) is 5.28 Å². The molecule has 0 saturated carbocycles. The van der Waals surface area contributed by atoms with Crippen LogP contribution >= 0.6 is 22.9 Å². The third kappa shape index (κ3) is 2.52. The SMILES string of the molecule is CCc1cc2c(Oc3cccnc3)nc(Cl)nc2s1. The van der Waals surface area contributed by atoms with E-state index in [1.165, 1.54) is 4.88 Å². The molecule has 0 N–H and O–H groups in total. The van der Waals surface area contributed by atoms with Gasteiger partial charge < -0.3 is 4.74 Å². The molecule has 0 bridgehead atoms. The zero-order valence-corrected chi connectivity index (χ0v) is 11.7. The van der Waals surface area contributed by atoms with Crippen molar-refractivity contribution in [2.45, 2.75) is 13.3 Å². The first-order chi connectivity index (χ1) is 9.26. The third-order valence-electron chi connectivity index (χ3n) is 2.58. The molecule has 0 aliphatic heterocycles. The van der Waals surface area contributed by atoms with Gasteiger partial charge in [-0.25, -0.2) is 4.98 Å². The second-order valence-corrected chi connectivity index (χ2v) is 5.33. The first-order valence-electron chi connectivity index (χ1n) is 5.80. The maximum Gasteiger partial charge on any atom is 0.232 e. The van der Waals surface area contributed by atoms with Gasteiger partial charge in [-0.05, 0) is 36.2 Å². The minimum atomic E-state index is 0.191. The van der Waals surface area contributed by atoms with Crippen molar-refractivity contribution in [3.63, 3.8) is 0 Å². The molecule has 0 saturated heterocycles. The van der Waals surface area contributed by atoms with Gasteiger partial charge in [-0.3, -0.25) is 4.98 Å². The highest BCUT2D eigenvalue weighted by Gasteiger charge is 2.12. The van der Waals surface area contributed by atoms with Crippen LogP contribution in [0.15, 0.2) is 30.6 Å². The predicted molar refractivity (Wildman–Crippen MR) is 76.1 cm³/mol. The molecular weight excluding hydrogens is 282 g/mol. The van der Waals surface area contributed by atoms with E-state index in [2.05, 4.69) is 21.9 Å². The average Bonchev–Trinajstić information content (AvgIpc) is 2.83. The van der Waals surface area contributed by atoms with Gasteiger partial charge in [0.2, 0.25) is 11.2 Å². The van der Waals surface area contributed by atoms with Crippen LogP contribution in [0.25, 0.3) is 10.2 Å². The molecule has 0 atom stereocenters. The Morgan fingerprint density at radius 3 is 3.00 bits per heavy atom. The minimum absolute atomic E-state index is 0.191. The number of hydrogen-bond acceptors (Lipinski definition) is 5. The summed E-state index contributed by atoms with van der Waals surface area (Å²) < 4.78 is 5.74. The van der Waals surface area contributed by atoms with Crippen LogP contribution in [0, 0.1) is 0 Å². The van der Waals surface area contributed by atoms with Gasteiger partial charge in [0.1, 0.15) is 10.6 Å². The van der Waals surface area contributed by atoms with Gasteiger partial charge >= 0.3 is 0 Å². The molecule has 96 valence electrons. The van der Waals surface area contributed by atoms with Crippen molar-refractivity contribution >= 4 is 33.2 Å².